The Bertz CT molecular complexity index is 364. The smallest absolute Gasteiger partial charge is 0.141 e. The molecule has 1 saturated heterocycles. The Kier molecular flexibility index (Phi) is 4.95. The number of nitrogens with zero attached hydrogens (tertiary/aromatic N) is 1. The maximum atomic E-state index is 13.6. The number of rotatable bonds is 5. The van der Waals surface area contributed by atoms with Gasteiger partial charge in [0.2, 0.25) is 0 Å². The van der Waals surface area contributed by atoms with Gasteiger partial charge in [-0.3, -0.25) is 0 Å². The van der Waals surface area contributed by atoms with Gasteiger partial charge in [-0.2, -0.15) is 0 Å². The van der Waals surface area contributed by atoms with E-state index in [2.05, 4.69) is 26.1 Å². The normalized spacial score (nSPS) is 16.6. The van der Waals surface area contributed by atoms with Crippen LogP contribution in [0, 0.1) is 5.82 Å². The highest BCUT2D eigenvalue weighted by Crippen LogP contribution is 2.18. The maximum absolute atomic E-state index is 13.6. The predicted molar refractivity (Wildman–Crippen MR) is 71.5 cm³/mol. The van der Waals surface area contributed by atoms with Crippen molar-refractivity contribution in [2.24, 2.45) is 0 Å². The van der Waals surface area contributed by atoms with Crippen molar-refractivity contribution in [3.8, 4) is 0 Å². The van der Waals surface area contributed by atoms with Crippen LogP contribution in [-0.4, -0.2) is 31.1 Å². The van der Waals surface area contributed by atoms with E-state index in [4.69, 9.17) is 0 Å². The zero-order chi connectivity index (χ0) is 12.1. The van der Waals surface area contributed by atoms with Gasteiger partial charge in [-0.15, -0.1) is 0 Å². The fourth-order valence-corrected chi connectivity index (χ4v) is 2.56. The Labute approximate surface area is 110 Å². The Morgan fingerprint density at radius 1 is 1.29 bits per heavy atom. The summed E-state index contributed by atoms with van der Waals surface area (Å²) in [7, 11) is 0. The average molecular weight is 301 g/mol. The van der Waals surface area contributed by atoms with Crippen molar-refractivity contribution >= 4 is 15.9 Å². The molecule has 1 aliphatic heterocycles. The molecular weight excluding hydrogens is 283 g/mol. The molecule has 0 atom stereocenters. The zero-order valence-electron chi connectivity index (χ0n) is 9.88. The first kappa shape index (κ1) is 13.0. The van der Waals surface area contributed by atoms with E-state index in [-0.39, 0.29) is 5.82 Å². The van der Waals surface area contributed by atoms with Gasteiger partial charge >= 0.3 is 0 Å². The predicted octanol–water partition coefficient (Wildman–Crippen LogP) is 2.77. The molecule has 17 heavy (non-hydrogen) atoms. The zero-order valence-corrected chi connectivity index (χ0v) is 11.5. The first-order valence-corrected chi connectivity index (χ1v) is 6.92. The lowest BCUT2D eigenvalue weighted by Crippen LogP contribution is -2.29. The summed E-state index contributed by atoms with van der Waals surface area (Å²) in [5.74, 6) is -0.152. The van der Waals surface area contributed by atoms with Crippen molar-refractivity contribution in [1.29, 1.82) is 0 Å². The monoisotopic (exact) mass is 300 g/mol. The molecule has 0 saturated carbocycles. The van der Waals surface area contributed by atoms with Crippen LogP contribution in [0.15, 0.2) is 22.7 Å². The van der Waals surface area contributed by atoms with Gasteiger partial charge in [-0.25, -0.2) is 4.39 Å². The van der Waals surface area contributed by atoms with E-state index >= 15 is 0 Å². The minimum Gasteiger partial charge on any atom is -0.311 e. The van der Waals surface area contributed by atoms with Crippen molar-refractivity contribution in [3.63, 3.8) is 0 Å². The first-order valence-electron chi connectivity index (χ1n) is 6.13. The average Bonchev–Trinajstić information content (AvgIpc) is 2.83. The molecule has 1 aromatic rings. The summed E-state index contributed by atoms with van der Waals surface area (Å²) in [6.07, 6.45) is 2.64. The van der Waals surface area contributed by atoms with Crippen LogP contribution < -0.4 is 5.32 Å². The molecule has 1 aromatic carbocycles. The second-order valence-electron chi connectivity index (χ2n) is 4.44. The molecule has 0 aromatic heterocycles. The van der Waals surface area contributed by atoms with E-state index in [0.29, 0.717) is 11.0 Å². The minimum atomic E-state index is -0.152. The van der Waals surface area contributed by atoms with Crippen LogP contribution in [0.25, 0.3) is 0 Å². The second kappa shape index (κ2) is 6.47. The molecule has 0 amide bonds. The van der Waals surface area contributed by atoms with Gasteiger partial charge in [0, 0.05) is 25.2 Å². The van der Waals surface area contributed by atoms with Gasteiger partial charge in [0.05, 0.1) is 4.47 Å². The SMILES string of the molecule is Fc1c(Br)cccc1CNCCN1CCCC1. The molecule has 1 N–H and O–H groups in total. The quantitative estimate of drug-likeness (QED) is 0.841. The third-order valence-corrected chi connectivity index (χ3v) is 3.76. The van der Waals surface area contributed by atoms with Gasteiger partial charge < -0.3 is 10.2 Å². The van der Waals surface area contributed by atoms with E-state index in [1.165, 1.54) is 25.9 Å². The maximum Gasteiger partial charge on any atom is 0.141 e. The lowest BCUT2D eigenvalue weighted by atomic mass is 10.2. The van der Waals surface area contributed by atoms with Crippen molar-refractivity contribution in [2.45, 2.75) is 19.4 Å². The topological polar surface area (TPSA) is 15.3 Å². The molecular formula is C13H18BrFN2. The van der Waals surface area contributed by atoms with Gasteiger partial charge in [-0.1, -0.05) is 12.1 Å². The molecule has 0 unspecified atom stereocenters. The van der Waals surface area contributed by atoms with Gasteiger partial charge in [-0.05, 0) is 47.9 Å². The van der Waals surface area contributed by atoms with E-state index in [9.17, 15) is 4.39 Å². The van der Waals surface area contributed by atoms with E-state index < -0.39 is 0 Å². The number of hydrogen-bond donors (Lipinski definition) is 1. The Morgan fingerprint density at radius 2 is 2.06 bits per heavy atom. The van der Waals surface area contributed by atoms with Crippen LogP contribution in [0.3, 0.4) is 0 Å². The number of nitrogens with one attached hydrogen (secondary N) is 1. The fraction of sp³-hybridized carbons (Fsp3) is 0.538. The minimum absolute atomic E-state index is 0.152. The van der Waals surface area contributed by atoms with Crippen molar-refractivity contribution in [1.82, 2.24) is 10.2 Å². The Hall–Kier alpha value is -0.450. The van der Waals surface area contributed by atoms with Crippen molar-refractivity contribution in [3.05, 3.63) is 34.1 Å². The fourth-order valence-electron chi connectivity index (χ4n) is 2.15. The van der Waals surface area contributed by atoms with Gasteiger partial charge in [0.1, 0.15) is 5.82 Å². The lowest BCUT2D eigenvalue weighted by Gasteiger charge is -2.14. The van der Waals surface area contributed by atoms with Gasteiger partial charge in [0.25, 0.3) is 0 Å². The van der Waals surface area contributed by atoms with Crippen LogP contribution in [0.4, 0.5) is 4.39 Å². The van der Waals surface area contributed by atoms with Crippen molar-refractivity contribution < 1.29 is 4.39 Å². The summed E-state index contributed by atoms with van der Waals surface area (Å²) in [5, 5.41) is 3.29. The molecule has 2 rings (SSSR count). The second-order valence-corrected chi connectivity index (χ2v) is 5.29. The molecule has 94 valence electrons. The number of benzene rings is 1. The highest BCUT2D eigenvalue weighted by atomic mass is 79.9. The number of hydrogen-bond acceptors (Lipinski definition) is 2. The summed E-state index contributed by atoms with van der Waals surface area (Å²) in [6, 6.07) is 5.41. The van der Waals surface area contributed by atoms with Crippen LogP contribution in [0.2, 0.25) is 0 Å². The largest absolute Gasteiger partial charge is 0.311 e. The Morgan fingerprint density at radius 3 is 2.82 bits per heavy atom. The molecule has 1 fully saturated rings. The number of likely N-dealkylation sites (tertiary alicyclic amines) is 1. The third kappa shape index (κ3) is 3.76. The van der Waals surface area contributed by atoms with Crippen molar-refractivity contribution in [2.75, 3.05) is 26.2 Å². The van der Waals surface area contributed by atoms with Crippen LogP contribution in [-0.2, 0) is 6.54 Å². The first-order chi connectivity index (χ1) is 8.27. The van der Waals surface area contributed by atoms with E-state index in [1.54, 1.807) is 6.07 Å². The summed E-state index contributed by atoms with van der Waals surface area (Å²) in [6.45, 7) is 5.01. The molecule has 1 heterocycles. The number of halogens is 2. The highest BCUT2D eigenvalue weighted by molar-refractivity contribution is 9.10. The highest BCUT2D eigenvalue weighted by Gasteiger charge is 2.10. The molecule has 1 aliphatic rings. The van der Waals surface area contributed by atoms with E-state index in [0.717, 1.165) is 18.7 Å². The molecule has 0 bridgehead atoms. The molecule has 0 spiro atoms. The van der Waals surface area contributed by atoms with Crippen LogP contribution in [0.5, 0.6) is 0 Å². The standard InChI is InChI=1S/C13H18BrFN2/c14-12-5-3-4-11(13(12)15)10-16-6-9-17-7-1-2-8-17/h3-5,16H,1-2,6-10H2. The summed E-state index contributed by atoms with van der Waals surface area (Å²) in [5.41, 5.74) is 0.723. The molecule has 0 radical (unpaired) electrons. The summed E-state index contributed by atoms with van der Waals surface area (Å²) in [4.78, 5) is 2.45. The Balaban J connectivity index is 1.72. The van der Waals surface area contributed by atoms with E-state index in [1.807, 2.05) is 12.1 Å². The molecule has 0 aliphatic carbocycles. The van der Waals surface area contributed by atoms with Crippen LogP contribution >= 0.6 is 15.9 Å². The molecule has 4 heteroatoms. The summed E-state index contributed by atoms with van der Waals surface area (Å²) < 4.78 is 14.2. The third-order valence-electron chi connectivity index (χ3n) is 3.15. The lowest BCUT2D eigenvalue weighted by molar-refractivity contribution is 0.335. The molecule has 2 nitrogen and oxygen atoms in total. The van der Waals surface area contributed by atoms with Crippen LogP contribution in [0.1, 0.15) is 18.4 Å². The summed E-state index contributed by atoms with van der Waals surface area (Å²) >= 11 is 3.20. The van der Waals surface area contributed by atoms with Gasteiger partial charge in [0.15, 0.2) is 0 Å².